The summed E-state index contributed by atoms with van der Waals surface area (Å²) in [6, 6.07) is 4.74. The Morgan fingerprint density at radius 3 is 2.66 bits per heavy atom. The lowest BCUT2D eigenvalue weighted by Gasteiger charge is -2.48. The zero-order valence-electron chi connectivity index (χ0n) is 19.3. The van der Waals surface area contributed by atoms with Gasteiger partial charge in [-0.05, 0) is 52.2 Å². The summed E-state index contributed by atoms with van der Waals surface area (Å²) in [4.78, 5) is 28.5. The molecule has 0 radical (unpaired) electrons. The van der Waals surface area contributed by atoms with Crippen molar-refractivity contribution in [3.63, 3.8) is 0 Å². The number of hydrogen-bond donors (Lipinski definition) is 0. The molecule has 1 saturated carbocycles. The van der Waals surface area contributed by atoms with Gasteiger partial charge in [-0.15, -0.1) is 11.3 Å². The van der Waals surface area contributed by atoms with Crippen LogP contribution in [0.5, 0.6) is 0 Å². The van der Waals surface area contributed by atoms with Crippen molar-refractivity contribution in [3.05, 3.63) is 29.2 Å². The minimum absolute atomic E-state index is 0.161. The lowest BCUT2D eigenvalue weighted by Crippen LogP contribution is -2.59. The van der Waals surface area contributed by atoms with Crippen molar-refractivity contribution in [2.45, 2.75) is 51.7 Å². The zero-order valence-corrected chi connectivity index (χ0v) is 20.1. The van der Waals surface area contributed by atoms with Crippen LogP contribution in [0.3, 0.4) is 0 Å². The van der Waals surface area contributed by atoms with E-state index < -0.39 is 5.60 Å². The van der Waals surface area contributed by atoms with Crippen molar-refractivity contribution in [2.24, 2.45) is 5.41 Å². The molecule has 1 amide bonds. The third kappa shape index (κ3) is 4.35. The fraction of sp³-hybridized carbons (Fsp3) is 0.625. The van der Waals surface area contributed by atoms with Gasteiger partial charge in [0.2, 0.25) is 0 Å². The van der Waals surface area contributed by atoms with Crippen molar-refractivity contribution in [1.29, 1.82) is 0 Å². The molecule has 32 heavy (non-hydrogen) atoms. The molecule has 2 aromatic rings. The monoisotopic (exact) mass is 455 g/mol. The second kappa shape index (κ2) is 8.30. The Hall–Kier alpha value is -2.19. The molecular weight excluding hydrogens is 422 g/mol. The number of ether oxygens (including phenoxy) is 1. The summed E-state index contributed by atoms with van der Waals surface area (Å²) in [6.45, 7) is 11.6. The largest absolute Gasteiger partial charge is 0.444 e. The number of amides is 1. The molecule has 7 nitrogen and oxygen atoms in total. The van der Waals surface area contributed by atoms with Crippen LogP contribution in [0.1, 0.15) is 40.0 Å². The Labute approximate surface area is 194 Å². The fourth-order valence-electron chi connectivity index (χ4n) is 5.49. The van der Waals surface area contributed by atoms with Gasteiger partial charge in [-0.3, -0.25) is 4.90 Å². The van der Waals surface area contributed by atoms with Crippen LogP contribution in [0.4, 0.5) is 10.6 Å². The summed E-state index contributed by atoms with van der Waals surface area (Å²) in [5.41, 5.74) is 3.89. The number of nitrogens with zero attached hydrogens (tertiary/aromatic N) is 5. The number of hydrogen-bond acceptors (Lipinski definition) is 7. The Kier molecular flexibility index (Phi) is 5.61. The van der Waals surface area contributed by atoms with Crippen molar-refractivity contribution < 1.29 is 9.53 Å². The number of piperazine rings is 1. The van der Waals surface area contributed by atoms with Crippen molar-refractivity contribution in [3.8, 4) is 11.3 Å². The first-order valence-corrected chi connectivity index (χ1v) is 12.6. The highest BCUT2D eigenvalue weighted by molar-refractivity contribution is 7.07. The van der Waals surface area contributed by atoms with Gasteiger partial charge in [0.15, 0.2) is 0 Å². The van der Waals surface area contributed by atoms with E-state index in [0.29, 0.717) is 11.5 Å². The topological polar surface area (TPSA) is 61.8 Å². The highest BCUT2D eigenvalue weighted by Crippen LogP contribution is 2.47. The van der Waals surface area contributed by atoms with E-state index in [9.17, 15) is 4.79 Å². The average Bonchev–Trinajstić information content (AvgIpc) is 3.42. The third-order valence-corrected chi connectivity index (χ3v) is 7.59. The Morgan fingerprint density at radius 1 is 1.19 bits per heavy atom. The quantitative estimate of drug-likeness (QED) is 0.694. The molecule has 1 atom stereocenters. The first-order chi connectivity index (χ1) is 15.3. The second-order valence-corrected chi connectivity index (χ2v) is 11.2. The maximum atomic E-state index is 12.3. The first-order valence-electron chi connectivity index (χ1n) is 11.6. The van der Waals surface area contributed by atoms with Crippen LogP contribution < -0.4 is 4.90 Å². The zero-order chi connectivity index (χ0) is 22.3. The number of carbonyl (C=O) groups is 1. The smallest absolute Gasteiger partial charge is 0.410 e. The van der Waals surface area contributed by atoms with Crippen LogP contribution in [0.15, 0.2) is 29.2 Å². The van der Waals surface area contributed by atoms with Crippen molar-refractivity contribution in [1.82, 2.24) is 19.8 Å². The lowest BCUT2D eigenvalue weighted by molar-refractivity contribution is -0.0344. The number of likely N-dealkylation sites (tertiary alicyclic amines) is 1. The SMILES string of the molecule is CC(C)(C)OC(=O)N1CC2(CC[C@@H](N3CCN(c4ncccc4-c4cscn4)CC3)C2)C1. The van der Waals surface area contributed by atoms with E-state index in [1.165, 1.54) is 19.3 Å². The molecule has 4 heterocycles. The molecule has 0 aromatic carbocycles. The van der Waals surface area contributed by atoms with Crippen LogP contribution in [0.2, 0.25) is 0 Å². The first kappa shape index (κ1) is 21.6. The molecule has 2 aliphatic heterocycles. The van der Waals surface area contributed by atoms with Gasteiger partial charge >= 0.3 is 6.09 Å². The van der Waals surface area contributed by atoms with Crippen LogP contribution in [-0.2, 0) is 4.74 Å². The maximum absolute atomic E-state index is 12.3. The summed E-state index contributed by atoms with van der Waals surface area (Å²) in [5, 5.41) is 2.09. The van der Waals surface area contributed by atoms with E-state index in [0.717, 1.165) is 56.3 Å². The minimum atomic E-state index is -0.426. The molecule has 0 unspecified atom stereocenters. The molecule has 172 valence electrons. The molecule has 5 rings (SSSR count). The number of rotatable bonds is 3. The highest BCUT2D eigenvalue weighted by Gasteiger charge is 2.51. The van der Waals surface area contributed by atoms with E-state index >= 15 is 0 Å². The van der Waals surface area contributed by atoms with Crippen LogP contribution in [0.25, 0.3) is 11.3 Å². The minimum Gasteiger partial charge on any atom is -0.444 e. The van der Waals surface area contributed by atoms with E-state index in [1.54, 1.807) is 11.3 Å². The van der Waals surface area contributed by atoms with E-state index in [2.05, 4.69) is 26.2 Å². The maximum Gasteiger partial charge on any atom is 0.410 e. The standard InChI is InChI=1S/C24H33N5O2S/c1-23(2,3)31-22(30)29-15-24(16-29)7-6-18(13-24)27-9-11-28(12-10-27)21-19(5-4-8-25-21)20-14-32-17-26-20/h4-5,8,14,17-18H,6-7,9-13,15-16H2,1-3H3/t18-/m1/s1. The van der Waals surface area contributed by atoms with E-state index in [-0.39, 0.29) is 6.09 Å². The van der Waals surface area contributed by atoms with Gasteiger partial charge in [-0.25, -0.2) is 14.8 Å². The molecule has 8 heteroatoms. The number of pyridine rings is 1. The lowest BCUT2D eigenvalue weighted by atomic mass is 9.78. The predicted molar refractivity (Wildman–Crippen MR) is 127 cm³/mol. The van der Waals surface area contributed by atoms with Gasteiger partial charge < -0.3 is 14.5 Å². The van der Waals surface area contributed by atoms with E-state index in [1.807, 2.05) is 43.4 Å². The van der Waals surface area contributed by atoms with Crippen LogP contribution in [-0.4, -0.2) is 76.8 Å². The Bertz CT molecular complexity index is 944. The number of aromatic nitrogens is 2. The van der Waals surface area contributed by atoms with Crippen LogP contribution in [0, 0.1) is 5.41 Å². The summed E-state index contributed by atoms with van der Waals surface area (Å²) in [7, 11) is 0. The normalized spacial score (nSPS) is 23.4. The average molecular weight is 456 g/mol. The molecule has 1 spiro atoms. The van der Waals surface area contributed by atoms with Crippen molar-refractivity contribution >= 4 is 23.2 Å². The highest BCUT2D eigenvalue weighted by atomic mass is 32.1. The summed E-state index contributed by atoms with van der Waals surface area (Å²) in [5.74, 6) is 1.05. The van der Waals surface area contributed by atoms with Gasteiger partial charge in [-0.1, -0.05) is 0 Å². The molecule has 0 N–H and O–H groups in total. The molecular formula is C24H33N5O2S. The Morgan fingerprint density at radius 2 is 1.97 bits per heavy atom. The third-order valence-electron chi connectivity index (χ3n) is 7.01. The summed E-state index contributed by atoms with van der Waals surface area (Å²) in [6.07, 6.45) is 5.36. The molecule has 3 aliphatic rings. The number of carbonyl (C=O) groups excluding carboxylic acids is 1. The predicted octanol–water partition coefficient (Wildman–Crippen LogP) is 4.12. The molecule has 2 aromatic heterocycles. The van der Waals surface area contributed by atoms with Gasteiger partial charge in [0.1, 0.15) is 11.4 Å². The molecule has 2 saturated heterocycles. The van der Waals surface area contributed by atoms with Gasteiger partial charge in [0.05, 0.1) is 11.2 Å². The van der Waals surface area contributed by atoms with E-state index in [4.69, 9.17) is 9.72 Å². The summed E-state index contributed by atoms with van der Waals surface area (Å²) >= 11 is 1.62. The molecule has 0 bridgehead atoms. The fourth-order valence-corrected chi connectivity index (χ4v) is 6.04. The second-order valence-electron chi connectivity index (χ2n) is 10.5. The number of thiazole rings is 1. The van der Waals surface area contributed by atoms with Gasteiger partial charge in [-0.2, -0.15) is 0 Å². The number of anilines is 1. The molecule has 1 aliphatic carbocycles. The van der Waals surface area contributed by atoms with Gasteiger partial charge in [0.25, 0.3) is 0 Å². The molecule has 3 fully saturated rings. The van der Waals surface area contributed by atoms with Crippen molar-refractivity contribution in [2.75, 3.05) is 44.2 Å². The van der Waals surface area contributed by atoms with Gasteiger partial charge in [0, 0.05) is 67.9 Å². The Balaban J connectivity index is 1.15. The van der Waals surface area contributed by atoms with Crippen LogP contribution >= 0.6 is 11.3 Å². The summed E-state index contributed by atoms with van der Waals surface area (Å²) < 4.78 is 5.54.